The summed E-state index contributed by atoms with van der Waals surface area (Å²) in [5.41, 5.74) is 9.12. The van der Waals surface area contributed by atoms with Crippen LogP contribution in [0.15, 0.2) is 133 Å². The predicted octanol–water partition coefficient (Wildman–Crippen LogP) is 9.29. The zero-order valence-electron chi connectivity index (χ0n) is 22.5. The van der Waals surface area contributed by atoms with Crippen LogP contribution in [0.1, 0.15) is 11.1 Å². The third-order valence-electron chi connectivity index (χ3n) is 8.21. The van der Waals surface area contributed by atoms with Crippen molar-refractivity contribution in [3.63, 3.8) is 0 Å². The Balaban J connectivity index is 1.35. The minimum Gasteiger partial charge on any atom is -0.309 e. The van der Waals surface area contributed by atoms with E-state index in [1.165, 1.54) is 21.8 Å². The minimum atomic E-state index is 0.492. The SMILES string of the molecule is N#Cc1cccc(C#N)c1-c1ccc2c3ccccc3n(-c3ccc(-n4c5ccccc5c5ccccc54)cc3)c2c1. The maximum Gasteiger partial charge on any atom is 0.0998 e. The fourth-order valence-electron chi connectivity index (χ4n) is 6.41. The fourth-order valence-corrected chi connectivity index (χ4v) is 6.41. The van der Waals surface area contributed by atoms with Crippen LogP contribution in [0, 0.1) is 22.7 Å². The maximum absolute atomic E-state index is 9.83. The second kappa shape index (κ2) is 9.24. The van der Waals surface area contributed by atoms with Gasteiger partial charge in [0.15, 0.2) is 0 Å². The number of hydrogen-bond donors (Lipinski definition) is 0. The first-order valence-corrected chi connectivity index (χ1v) is 13.8. The Kier molecular flexibility index (Phi) is 5.22. The molecule has 0 spiro atoms. The first kappa shape index (κ1) is 23.8. The number of para-hydroxylation sites is 3. The standard InChI is InChI=1S/C38H22N4/c39-23-26-8-7-9-27(24-40)38(26)25-16-21-33-32-12-3-6-15-36(32)42(37(33)22-25)29-19-17-28(18-20-29)41-34-13-4-1-10-30(34)31-11-2-5-14-35(31)41/h1-22H. The van der Waals surface area contributed by atoms with Gasteiger partial charge < -0.3 is 9.13 Å². The second-order valence-corrected chi connectivity index (χ2v) is 10.4. The summed E-state index contributed by atoms with van der Waals surface area (Å²) in [5.74, 6) is 0. The first-order chi connectivity index (χ1) is 20.8. The average Bonchev–Trinajstić information content (AvgIpc) is 3.57. The molecule has 0 fully saturated rings. The van der Waals surface area contributed by atoms with Crippen molar-refractivity contribution >= 4 is 43.6 Å². The molecule has 0 saturated heterocycles. The van der Waals surface area contributed by atoms with Crippen molar-refractivity contribution in [2.24, 2.45) is 0 Å². The second-order valence-electron chi connectivity index (χ2n) is 10.4. The molecule has 0 bridgehead atoms. The third-order valence-corrected chi connectivity index (χ3v) is 8.21. The van der Waals surface area contributed by atoms with Crippen molar-refractivity contribution in [3.05, 3.63) is 145 Å². The van der Waals surface area contributed by atoms with E-state index in [0.717, 1.165) is 38.7 Å². The van der Waals surface area contributed by atoms with Crippen LogP contribution in [-0.4, -0.2) is 9.13 Å². The number of hydrogen-bond acceptors (Lipinski definition) is 2. The van der Waals surface area contributed by atoms with Crippen LogP contribution in [0.25, 0.3) is 66.1 Å². The molecule has 0 aliphatic carbocycles. The van der Waals surface area contributed by atoms with Gasteiger partial charge in [0.2, 0.25) is 0 Å². The zero-order valence-corrected chi connectivity index (χ0v) is 22.5. The molecule has 0 aliphatic heterocycles. The van der Waals surface area contributed by atoms with Crippen molar-refractivity contribution in [1.29, 1.82) is 10.5 Å². The van der Waals surface area contributed by atoms with Gasteiger partial charge in [-0.05, 0) is 66.2 Å². The van der Waals surface area contributed by atoms with Crippen LogP contribution >= 0.6 is 0 Å². The highest BCUT2D eigenvalue weighted by Crippen LogP contribution is 2.37. The molecule has 6 aromatic carbocycles. The van der Waals surface area contributed by atoms with Gasteiger partial charge in [-0.15, -0.1) is 0 Å². The average molecular weight is 535 g/mol. The van der Waals surface area contributed by atoms with Crippen LogP contribution in [0.4, 0.5) is 0 Å². The number of nitriles is 2. The normalized spacial score (nSPS) is 11.3. The molecule has 8 aromatic rings. The molecule has 0 radical (unpaired) electrons. The maximum atomic E-state index is 9.83. The van der Waals surface area contributed by atoms with E-state index in [9.17, 15) is 10.5 Å². The summed E-state index contributed by atoms with van der Waals surface area (Å²) in [6, 6.07) is 50.2. The van der Waals surface area contributed by atoms with Crippen molar-refractivity contribution in [2.75, 3.05) is 0 Å². The third kappa shape index (κ3) is 3.40. The lowest BCUT2D eigenvalue weighted by atomic mass is 9.94. The number of fused-ring (bicyclic) bond motifs is 6. The minimum absolute atomic E-state index is 0.492. The lowest BCUT2D eigenvalue weighted by Crippen LogP contribution is -1.97. The lowest BCUT2D eigenvalue weighted by Gasteiger charge is -2.12. The summed E-state index contributed by atoms with van der Waals surface area (Å²) < 4.78 is 4.59. The molecular formula is C38H22N4. The summed E-state index contributed by atoms with van der Waals surface area (Å²) in [7, 11) is 0. The van der Waals surface area contributed by atoms with E-state index in [-0.39, 0.29) is 0 Å². The summed E-state index contributed by atoms with van der Waals surface area (Å²) >= 11 is 0. The topological polar surface area (TPSA) is 57.4 Å². The van der Waals surface area contributed by atoms with Crippen LogP contribution in [0.5, 0.6) is 0 Å². The van der Waals surface area contributed by atoms with Crippen LogP contribution in [-0.2, 0) is 0 Å². The van der Waals surface area contributed by atoms with Crippen molar-refractivity contribution in [2.45, 2.75) is 0 Å². The Labute approximate surface area is 242 Å². The van der Waals surface area contributed by atoms with E-state index in [2.05, 4.69) is 130 Å². The smallest absolute Gasteiger partial charge is 0.0998 e. The lowest BCUT2D eigenvalue weighted by molar-refractivity contribution is 1.14. The Morgan fingerprint density at radius 2 is 0.833 bits per heavy atom. The molecule has 2 aromatic heterocycles. The van der Waals surface area contributed by atoms with E-state index in [0.29, 0.717) is 16.7 Å². The monoisotopic (exact) mass is 534 g/mol. The van der Waals surface area contributed by atoms with E-state index < -0.39 is 0 Å². The summed E-state index contributed by atoms with van der Waals surface area (Å²) in [6.07, 6.45) is 0. The van der Waals surface area contributed by atoms with E-state index in [4.69, 9.17) is 0 Å². The van der Waals surface area contributed by atoms with Gasteiger partial charge in [-0.3, -0.25) is 0 Å². The molecule has 8 rings (SSSR count). The quantitative estimate of drug-likeness (QED) is 0.227. The molecule has 0 amide bonds. The molecule has 0 atom stereocenters. The molecule has 0 unspecified atom stereocenters. The van der Waals surface area contributed by atoms with E-state index in [1.54, 1.807) is 18.2 Å². The molecule has 0 aliphatic rings. The summed E-state index contributed by atoms with van der Waals surface area (Å²) in [4.78, 5) is 0. The highest BCUT2D eigenvalue weighted by molar-refractivity contribution is 6.11. The summed E-state index contributed by atoms with van der Waals surface area (Å²) in [5, 5.41) is 24.4. The Morgan fingerprint density at radius 3 is 1.31 bits per heavy atom. The number of rotatable bonds is 3. The molecule has 4 nitrogen and oxygen atoms in total. The molecule has 0 N–H and O–H groups in total. The van der Waals surface area contributed by atoms with Crippen molar-refractivity contribution in [1.82, 2.24) is 9.13 Å². The van der Waals surface area contributed by atoms with Gasteiger partial charge >= 0.3 is 0 Å². The number of nitrogens with zero attached hydrogens (tertiary/aromatic N) is 4. The molecule has 0 saturated carbocycles. The van der Waals surface area contributed by atoms with Gasteiger partial charge in [0.25, 0.3) is 0 Å². The fraction of sp³-hybridized carbons (Fsp3) is 0. The van der Waals surface area contributed by atoms with Crippen molar-refractivity contribution < 1.29 is 0 Å². The van der Waals surface area contributed by atoms with E-state index in [1.807, 2.05) is 6.07 Å². The van der Waals surface area contributed by atoms with Gasteiger partial charge in [-0.2, -0.15) is 10.5 Å². The number of benzene rings is 6. The summed E-state index contributed by atoms with van der Waals surface area (Å²) in [6.45, 7) is 0. The molecule has 194 valence electrons. The van der Waals surface area contributed by atoms with Crippen LogP contribution in [0.2, 0.25) is 0 Å². The van der Waals surface area contributed by atoms with Gasteiger partial charge in [0.05, 0.1) is 45.3 Å². The largest absolute Gasteiger partial charge is 0.309 e. The predicted molar refractivity (Wildman–Crippen MR) is 170 cm³/mol. The van der Waals surface area contributed by atoms with Gasteiger partial charge in [-0.25, -0.2) is 0 Å². The Bertz CT molecular complexity index is 2340. The molecule has 42 heavy (non-hydrogen) atoms. The Hall–Kier alpha value is -6.10. The van der Waals surface area contributed by atoms with E-state index >= 15 is 0 Å². The number of aromatic nitrogens is 2. The van der Waals surface area contributed by atoms with Crippen LogP contribution in [0.3, 0.4) is 0 Å². The van der Waals surface area contributed by atoms with Gasteiger partial charge in [-0.1, -0.05) is 72.8 Å². The van der Waals surface area contributed by atoms with Gasteiger partial charge in [0.1, 0.15) is 0 Å². The zero-order chi connectivity index (χ0) is 28.2. The molecule has 2 heterocycles. The highest BCUT2D eigenvalue weighted by Gasteiger charge is 2.17. The first-order valence-electron chi connectivity index (χ1n) is 13.8. The molecule has 4 heteroatoms. The van der Waals surface area contributed by atoms with Crippen molar-refractivity contribution in [3.8, 4) is 34.6 Å². The van der Waals surface area contributed by atoms with Gasteiger partial charge in [0, 0.05) is 38.5 Å². The highest BCUT2D eigenvalue weighted by atomic mass is 15.0. The molecular weight excluding hydrogens is 512 g/mol. The van der Waals surface area contributed by atoms with Crippen LogP contribution < -0.4 is 0 Å². The Morgan fingerprint density at radius 1 is 0.405 bits per heavy atom.